The van der Waals surface area contributed by atoms with Crippen molar-refractivity contribution in [2.24, 2.45) is 0 Å². The van der Waals surface area contributed by atoms with Gasteiger partial charge in [0, 0.05) is 44.5 Å². The Kier molecular flexibility index (Phi) is 5.43. The maximum Gasteiger partial charge on any atom is 0.270 e. The van der Waals surface area contributed by atoms with E-state index in [1.165, 1.54) is 12.3 Å². The van der Waals surface area contributed by atoms with Gasteiger partial charge in [-0.3, -0.25) is 4.79 Å². The van der Waals surface area contributed by atoms with E-state index in [2.05, 4.69) is 10.3 Å². The summed E-state index contributed by atoms with van der Waals surface area (Å²) in [7, 11) is -3.55. The van der Waals surface area contributed by atoms with Gasteiger partial charge in [0.15, 0.2) is 0 Å². The first kappa shape index (κ1) is 18.7. The van der Waals surface area contributed by atoms with Crippen molar-refractivity contribution in [3.8, 4) is 0 Å². The number of halogens is 1. The zero-order chi connectivity index (χ0) is 16.7. The number of rotatable bonds is 3. The van der Waals surface area contributed by atoms with Gasteiger partial charge >= 0.3 is 0 Å². The quantitative estimate of drug-likeness (QED) is 0.814. The molecule has 0 spiro atoms. The van der Waals surface area contributed by atoms with Gasteiger partial charge in [-0.15, -0.1) is 12.4 Å². The summed E-state index contributed by atoms with van der Waals surface area (Å²) in [5.41, 5.74) is 0.366. The van der Waals surface area contributed by atoms with Crippen LogP contribution in [0.15, 0.2) is 17.2 Å². The topological polar surface area (TPSA) is 85.5 Å². The number of fused-ring (bicyclic) bond motifs is 2. The van der Waals surface area contributed by atoms with Crippen molar-refractivity contribution in [2.75, 3.05) is 26.2 Å². The minimum atomic E-state index is -3.55. The zero-order valence-electron chi connectivity index (χ0n) is 14.1. The van der Waals surface area contributed by atoms with Crippen molar-refractivity contribution in [3.63, 3.8) is 0 Å². The molecule has 140 valence electrons. The average molecular weight is 389 g/mol. The van der Waals surface area contributed by atoms with Crippen molar-refractivity contribution < 1.29 is 13.2 Å². The van der Waals surface area contributed by atoms with Crippen LogP contribution < -0.4 is 5.32 Å². The molecule has 3 aliphatic rings. The number of hydrogen-bond donors (Lipinski definition) is 2. The third-order valence-corrected chi connectivity index (χ3v) is 7.25. The van der Waals surface area contributed by atoms with Crippen molar-refractivity contribution in [2.45, 2.75) is 49.1 Å². The summed E-state index contributed by atoms with van der Waals surface area (Å²) in [6.07, 6.45) is 6.50. The van der Waals surface area contributed by atoms with Gasteiger partial charge in [-0.25, -0.2) is 8.42 Å². The maximum absolute atomic E-state index is 12.9. The number of carbonyl (C=O) groups is 1. The molecule has 3 saturated heterocycles. The fourth-order valence-electron chi connectivity index (χ4n) is 4.02. The molecule has 1 amide bonds. The minimum Gasteiger partial charge on any atom is -0.356 e. The number of nitrogens with zero attached hydrogens (tertiary/aromatic N) is 2. The maximum atomic E-state index is 12.9. The van der Waals surface area contributed by atoms with Crippen LogP contribution in [-0.4, -0.2) is 66.8 Å². The molecule has 4 heterocycles. The van der Waals surface area contributed by atoms with E-state index in [1.54, 1.807) is 9.21 Å². The van der Waals surface area contributed by atoms with Gasteiger partial charge in [0.2, 0.25) is 10.0 Å². The lowest BCUT2D eigenvalue weighted by atomic mass is 10.1. The van der Waals surface area contributed by atoms with Crippen LogP contribution in [0.1, 0.15) is 42.6 Å². The standard InChI is InChI=1S/C16H24N4O3S.ClH/c21-16(19-6-1-2-7-19)15-9-14(10-17-15)24(22,23)20-8-5-12-3-4-13(11-20)18-12;/h9-10,12-13,17-18H,1-8,11H2;1H. The van der Waals surface area contributed by atoms with Crippen LogP contribution in [0.2, 0.25) is 0 Å². The van der Waals surface area contributed by atoms with Crippen LogP contribution >= 0.6 is 12.4 Å². The molecule has 2 unspecified atom stereocenters. The first-order chi connectivity index (χ1) is 11.5. The Balaban J connectivity index is 0.00000182. The largest absolute Gasteiger partial charge is 0.356 e. The highest BCUT2D eigenvalue weighted by molar-refractivity contribution is 7.89. The lowest BCUT2D eigenvalue weighted by Crippen LogP contribution is -2.38. The van der Waals surface area contributed by atoms with E-state index in [-0.39, 0.29) is 29.3 Å². The zero-order valence-corrected chi connectivity index (χ0v) is 15.7. The number of carbonyl (C=O) groups excluding carboxylic acids is 1. The summed E-state index contributed by atoms with van der Waals surface area (Å²) >= 11 is 0. The molecule has 2 N–H and O–H groups in total. The van der Waals surface area contributed by atoms with Gasteiger partial charge in [0.25, 0.3) is 5.91 Å². The fraction of sp³-hybridized carbons (Fsp3) is 0.688. The van der Waals surface area contributed by atoms with E-state index in [4.69, 9.17) is 0 Å². The normalized spacial score (nSPS) is 27.1. The predicted octanol–water partition coefficient (Wildman–Crippen LogP) is 1.19. The van der Waals surface area contributed by atoms with Crippen LogP contribution in [0, 0.1) is 0 Å². The van der Waals surface area contributed by atoms with Crippen LogP contribution in [0.3, 0.4) is 0 Å². The molecule has 25 heavy (non-hydrogen) atoms. The Morgan fingerprint density at radius 2 is 1.80 bits per heavy atom. The fourth-order valence-corrected chi connectivity index (χ4v) is 5.51. The smallest absolute Gasteiger partial charge is 0.270 e. The van der Waals surface area contributed by atoms with Gasteiger partial charge < -0.3 is 15.2 Å². The second-order valence-corrected chi connectivity index (χ2v) is 8.98. The molecule has 0 aliphatic carbocycles. The van der Waals surface area contributed by atoms with Gasteiger partial charge in [0.1, 0.15) is 10.6 Å². The van der Waals surface area contributed by atoms with Crippen LogP contribution in [0.5, 0.6) is 0 Å². The van der Waals surface area contributed by atoms with Crippen molar-refractivity contribution in [1.29, 1.82) is 0 Å². The number of H-pyrrole nitrogens is 1. The van der Waals surface area contributed by atoms with Crippen molar-refractivity contribution in [3.05, 3.63) is 18.0 Å². The number of sulfonamides is 1. The summed E-state index contributed by atoms with van der Waals surface area (Å²) < 4.78 is 27.4. The lowest BCUT2D eigenvalue weighted by molar-refractivity contribution is 0.0787. The monoisotopic (exact) mass is 388 g/mol. The third kappa shape index (κ3) is 3.58. The number of hydrogen-bond acceptors (Lipinski definition) is 4. The van der Waals surface area contributed by atoms with Gasteiger partial charge in [-0.2, -0.15) is 4.31 Å². The number of amides is 1. The van der Waals surface area contributed by atoms with Crippen LogP contribution in [-0.2, 0) is 10.0 Å². The molecule has 0 aromatic carbocycles. The summed E-state index contributed by atoms with van der Waals surface area (Å²) in [4.78, 5) is 17.2. The summed E-state index contributed by atoms with van der Waals surface area (Å²) in [6, 6.07) is 2.18. The number of aromatic amines is 1. The number of nitrogens with one attached hydrogen (secondary N) is 2. The lowest BCUT2D eigenvalue weighted by Gasteiger charge is -2.23. The number of likely N-dealkylation sites (tertiary alicyclic amines) is 1. The molecule has 1 aromatic heterocycles. The molecule has 1 aromatic rings. The average Bonchev–Trinajstić information content (AvgIpc) is 3.26. The summed E-state index contributed by atoms with van der Waals surface area (Å²) in [5.74, 6) is -0.106. The van der Waals surface area contributed by atoms with Crippen molar-refractivity contribution >= 4 is 28.3 Å². The van der Waals surface area contributed by atoms with Gasteiger partial charge in [-0.05, 0) is 38.2 Å². The predicted molar refractivity (Wildman–Crippen MR) is 96.5 cm³/mol. The summed E-state index contributed by atoms with van der Waals surface area (Å²) in [6.45, 7) is 2.55. The molecular formula is C16H25ClN4O3S. The molecular weight excluding hydrogens is 364 g/mol. The third-order valence-electron chi connectivity index (χ3n) is 5.40. The van der Waals surface area contributed by atoms with Crippen LogP contribution in [0.4, 0.5) is 0 Å². The Morgan fingerprint density at radius 1 is 1.08 bits per heavy atom. The van der Waals surface area contributed by atoms with E-state index in [0.717, 1.165) is 45.2 Å². The van der Waals surface area contributed by atoms with E-state index in [0.29, 0.717) is 24.8 Å². The Labute approximate surface area is 154 Å². The van der Waals surface area contributed by atoms with Gasteiger partial charge in [-0.1, -0.05) is 0 Å². The molecule has 3 aliphatic heterocycles. The second kappa shape index (κ2) is 7.26. The van der Waals surface area contributed by atoms with Gasteiger partial charge in [0.05, 0.1) is 0 Å². The first-order valence-electron chi connectivity index (χ1n) is 8.78. The molecule has 3 fully saturated rings. The highest BCUT2D eigenvalue weighted by atomic mass is 35.5. The van der Waals surface area contributed by atoms with Crippen molar-refractivity contribution in [1.82, 2.24) is 19.5 Å². The van der Waals surface area contributed by atoms with E-state index < -0.39 is 10.0 Å². The SMILES string of the molecule is Cl.O=C(c1cc(S(=O)(=O)N2CCC3CCC(C2)N3)c[nH]1)N1CCCC1. The second-order valence-electron chi connectivity index (χ2n) is 7.04. The van der Waals surface area contributed by atoms with E-state index in [1.807, 2.05) is 0 Å². The molecule has 0 radical (unpaired) electrons. The summed E-state index contributed by atoms with van der Waals surface area (Å²) in [5, 5.41) is 3.49. The number of aromatic nitrogens is 1. The van der Waals surface area contributed by atoms with E-state index >= 15 is 0 Å². The molecule has 2 atom stereocenters. The molecule has 2 bridgehead atoms. The molecule has 0 saturated carbocycles. The Bertz CT molecular complexity index is 729. The molecule has 4 rings (SSSR count). The highest BCUT2D eigenvalue weighted by Crippen LogP contribution is 2.25. The Morgan fingerprint density at radius 3 is 2.56 bits per heavy atom. The highest BCUT2D eigenvalue weighted by Gasteiger charge is 2.35. The van der Waals surface area contributed by atoms with E-state index in [9.17, 15) is 13.2 Å². The minimum absolute atomic E-state index is 0. The Hall–Kier alpha value is -1.09. The molecule has 9 heteroatoms. The van der Waals surface area contributed by atoms with Crippen LogP contribution in [0.25, 0.3) is 0 Å². The molecule has 7 nitrogen and oxygen atoms in total. The first-order valence-corrected chi connectivity index (χ1v) is 10.2.